The first-order chi connectivity index (χ1) is 6.61. The Labute approximate surface area is 79.9 Å². The molecule has 5 nitrogen and oxygen atoms in total. The smallest absolute Gasteiger partial charge is 0.293 e. The number of carbonyl (C=O) groups excluding carboxylic acids is 1. The Balaban J connectivity index is 2.61. The number of nitro benzene ring substituents is 1. The molecule has 0 aliphatic carbocycles. The number of rotatable bonds is 1. The summed E-state index contributed by atoms with van der Waals surface area (Å²) in [4.78, 5) is 21.4. The van der Waals surface area contributed by atoms with E-state index in [9.17, 15) is 14.9 Å². The molecule has 72 valence electrons. The summed E-state index contributed by atoms with van der Waals surface area (Å²) in [6, 6.07) is 4.70. The van der Waals surface area contributed by atoms with Crippen molar-refractivity contribution >= 4 is 17.3 Å². The molecule has 0 bridgehead atoms. The van der Waals surface area contributed by atoms with E-state index in [1.54, 1.807) is 19.1 Å². The maximum atomic E-state index is 11.3. The molecule has 1 N–H and O–H groups in total. The van der Waals surface area contributed by atoms with Gasteiger partial charge in [-0.3, -0.25) is 14.9 Å². The fraction of sp³-hybridized carbons (Fsp3) is 0.222. The van der Waals surface area contributed by atoms with E-state index >= 15 is 0 Å². The van der Waals surface area contributed by atoms with Gasteiger partial charge in [0.05, 0.1) is 10.8 Å². The fourth-order valence-corrected chi connectivity index (χ4v) is 1.58. The molecule has 0 saturated carbocycles. The summed E-state index contributed by atoms with van der Waals surface area (Å²) >= 11 is 0. The molecular weight excluding hydrogens is 184 g/mol. The van der Waals surface area contributed by atoms with Gasteiger partial charge in [-0.1, -0.05) is 12.1 Å². The lowest BCUT2D eigenvalue weighted by Gasteiger charge is -2.00. The van der Waals surface area contributed by atoms with Crippen LogP contribution in [0.25, 0.3) is 0 Å². The Morgan fingerprint density at radius 1 is 1.50 bits per heavy atom. The fourth-order valence-electron chi connectivity index (χ4n) is 1.58. The standard InChI is InChI=1S/C9H8N2O3/c1-5-6-3-2-4-7(11(13)14)8(6)10-9(5)12/h2-5H,1H3,(H,10,12). The summed E-state index contributed by atoms with van der Waals surface area (Å²) in [7, 11) is 0. The minimum absolute atomic E-state index is 0.0415. The van der Waals surface area contributed by atoms with Gasteiger partial charge in [-0.2, -0.15) is 0 Å². The summed E-state index contributed by atoms with van der Waals surface area (Å²) in [5.74, 6) is -0.487. The van der Waals surface area contributed by atoms with Gasteiger partial charge in [0.25, 0.3) is 5.69 Å². The molecule has 1 heterocycles. The van der Waals surface area contributed by atoms with Gasteiger partial charge in [0, 0.05) is 6.07 Å². The molecule has 0 spiro atoms. The van der Waals surface area contributed by atoms with Gasteiger partial charge < -0.3 is 5.32 Å². The summed E-state index contributed by atoms with van der Waals surface area (Å²) in [6.07, 6.45) is 0. The molecule has 1 aliphatic rings. The number of nitrogens with zero attached hydrogens (tertiary/aromatic N) is 1. The third-order valence-electron chi connectivity index (χ3n) is 2.38. The van der Waals surface area contributed by atoms with Gasteiger partial charge >= 0.3 is 0 Å². The number of nitrogens with one attached hydrogen (secondary N) is 1. The normalized spacial score (nSPS) is 18.9. The topological polar surface area (TPSA) is 72.2 Å². The van der Waals surface area contributed by atoms with Gasteiger partial charge in [-0.25, -0.2) is 0 Å². The highest BCUT2D eigenvalue weighted by molar-refractivity contribution is 6.04. The summed E-state index contributed by atoms with van der Waals surface area (Å²) in [5.41, 5.74) is 0.999. The molecule has 5 heteroatoms. The quantitative estimate of drug-likeness (QED) is 0.543. The van der Waals surface area contributed by atoms with E-state index in [4.69, 9.17) is 0 Å². The van der Waals surface area contributed by atoms with Crippen LogP contribution in [0.5, 0.6) is 0 Å². The Kier molecular flexibility index (Phi) is 1.73. The van der Waals surface area contributed by atoms with Crippen molar-refractivity contribution in [1.82, 2.24) is 0 Å². The Morgan fingerprint density at radius 2 is 2.21 bits per heavy atom. The largest absolute Gasteiger partial charge is 0.320 e. The molecule has 1 atom stereocenters. The van der Waals surface area contributed by atoms with Crippen molar-refractivity contribution < 1.29 is 9.72 Å². The molecule has 0 fully saturated rings. The van der Waals surface area contributed by atoms with Gasteiger partial charge in [0.2, 0.25) is 5.91 Å². The second-order valence-electron chi connectivity index (χ2n) is 3.21. The second-order valence-corrected chi connectivity index (χ2v) is 3.21. The first-order valence-electron chi connectivity index (χ1n) is 4.19. The minimum Gasteiger partial charge on any atom is -0.320 e. The summed E-state index contributed by atoms with van der Waals surface area (Å²) in [6.45, 7) is 1.73. The van der Waals surface area contributed by atoms with Crippen LogP contribution in [0.15, 0.2) is 18.2 Å². The number of nitro groups is 1. The zero-order valence-corrected chi connectivity index (χ0v) is 7.48. The van der Waals surface area contributed by atoms with Crippen LogP contribution in [-0.4, -0.2) is 10.8 Å². The van der Waals surface area contributed by atoms with Crippen molar-refractivity contribution in [2.75, 3.05) is 5.32 Å². The molecule has 0 aromatic heterocycles. The molecule has 1 amide bonds. The molecule has 1 unspecified atom stereocenters. The predicted molar refractivity (Wildman–Crippen MR) is 50.1 cm³/mol. The maximum Gasteiger partial charge on any atom is 0.293 e. The third kappa shape index (κ3) is 1.06. The van der Waals surface area contributed by atoms with Crippen molar-refractivity contribution in [1.29, 1.82) is 0 Å². The second kappa shape index (κ2) is 2.80. The first-order valence-corrected chi connectivity index (χ1v) is 4.19. The number of amides is 1. The molecule has 1 aromatic carbocycles. The zero-order chi connectivity index (χ0) is 10.3. The monoisotopic (exact) mass is 192 g/mol. The van der Waals surface area contributed by atoms with Crippen LogP contribution in [0.1, 0.15) is 18.4 Å². The lowest BCUT2D eigenvalue weighted by molar-refractivity contribution is -0.383. The van der Waals surface area contributed by atoms with Gasteiger partial charge in [-0.15, -0.1) is 0 Å². The molecule has 1 aromatic rings. The maximum absolute atomic E-state index is 11.3. The highest BCUT2D eigenvalue weighted by atomic mass is 16.6. The highest BCUT2D eigenvalue weighted by Crippen LogP contribution is 2.38. The number of hydrogen-bond donors (Lipinski definition) is 1. The van der Waals surface area contributed by atoms with E-state index in [-0.39, 0.29) is 17.5 Å². The van der Waals surface area contributed by atoms with Crippen LogP contribution in [0.2, 0.25) is 0 Å². The third-order valence-corrected chi connectivity index (χ3v) is 2.38. The molecule has 1 aliphatic heterocycles. The first kappa shape index (κ1) is 8.68. The lowest BCUT2D eigenvalue weighted by atomic mass is 10.0. The molecule has 0 radical (unpaired) electrons. The van der Waals surface area contributed by atoms with E-state index in [1.807, 2.05) is 0 Å². The van der Waals surface area contributed by atoms with E-state index in [1.165, 1.54) is 6.07 Å². The molecule has 0 saturated heterocycles. The average Bonchev–Trinajstić information content (AvgIpc) is 2.43. The van der Waals surface area contributed by atoms with Crippen molar-refractivity contribution in [2.24, 2.45) is 0 Å². The number of anilines is 1. The van der Waals surface area contributed by atoms with Crippen LogP contribution >= 0.6 is 0 Å². The minimum atomic E-state index is -0.489. The van der Waals surface area contributed by atoms with Crippen LogP contribution < -0.4 is 5.32 Å². The molecule has 14 heavy (non-hydrogen) atoms. The Morgan fingerprint density at radius 3 is 2.86 bits per heavy atom. The predicted octanol–water partition coefficient (Wildman–Crippen LogP) is 1.65. The molecule has 2 rings (SSSR count). The Bertz CT molecular complexity index is 428. The van der Waals surface area contributed by atoms with Gasteiger partial charge in [0.1, 0.15) is 5.69 Å². The highest BCUT2D eigenvalue weighted by Gasteiger charge is 2.31. The summed E-state index contributed by atoms with van der Waals surface area (Å²) < 4.78 is 0. The van der Waals surface area contributed by atoms with Crippen molar-refractivity contribution in [3.8, 4) is 0 Å². The van der Waals surface area contributed by atoms with Crippen molar-refractivity contribution in [3.05, 3.63) is 33.9 Å². The van der Waals surface area contributed by atoms with Crippen LogP contribution in [0.4, 0.5) is 11.4 Å². The number of benzene rings is 1. The molecular formula is C9H8N2O3. The average molecular weight is 192 g/mol. The van der Waals surface area contributed by atoms with Gasteiger partial charge in [-0.05, 0) is 12.5 Å². The number of hydrogen-bond acceptors (Lipinski definition) is 3. The lowest BCUT2D eigenvalue weighted by Crippen LogP contribution is -2.08. The Hall–Kier alpha value is -1.91. The summed E-state index contributed by atoms with van der Waals surface area (Å²) in [5, 5.41) is 13.1. The van der Waals surface area contributed by atoms with Crippen LogP contribution in [0.3, 0.4) is 0 Å². The number of carbonyl (C=O) groups is 1. The van der Waals surface area contributed by atoms with E-state index in [0.29, 0.717) is 11.3 Å². The number of fused-ring (bicyclic) bond motifs is 1. The van der Waals surface area contributed by atoms with E-state index in [0.717, 1.165) is 0 Å². The van der Waals surface area contributed by atoms with Crippen molar-refractivity contribution in [3.63, 3.8) is 0 Å². The van der Waals surface area contributed by atoms with Crippen molar-refractivity contribution in [2.45, 2.75) is 12.8 Å². The number of para-hydroxylation sites is 1. The SMILES string of the molecule is CC1C(=O)Nc2c1cccc2[N+](=O)[O-]. The van der Waals surface area contributed by atoms with Gasteiger partial charge in [0.15, 0.2) is 0 Å². The van der Waals surface area contributed by atoms with Crippen LogP contribution in [0, 0.1) is 10.1 Å². The van der Waals surface area contributed by atoms with E-state index in [2.05, 4.69) is 5.32 Å². The zero-order valence-electron chi connectivity index (χ0n) is 7.48. The van der Waals surface area contributed by atoms with E-state index < -0.39 is 4.92 Å². The van der Waals surface area contributed by atoms with Crippen LogP contribution in [-0.2, 0) is 4.79 Å².